The first kappa shape index (κ1) is 13.8. The van der Waals surface area contributed by atoms with Gasteiger partial charge in [0.2, 0.25) is 5.96 Å². The Labute approximate surface area is 114 Å². The monoisotopic (exact) mass is 262 g/mol. The van der Waals surface area contributed by atoms with Crippen molar-refractivity contribution in [1.29, 1.82) is 0 Å². The van der Waals surface area contributed by atoms with Crippen LogP contribution in [-0.4, -0.2) is 19.1 Å². The van der Waals surface area contributed by atoms with Gasteiger partial charge in [-0.25, -0.2) is 10.8 Å². The van der Waals surface area contributed by atoms with Crippen LogP contribution in [0.4, 0.5) is 5.69 Å². The van der Waals surface area contributed by atoms with Crippen molar-refractivity contribution in [3.05, 3.63) is 29.8 Å². The predicted octanol–water partition coefficient (Wildman–Crippen LogP) is 2.01. The van der Waals surface area contributed by atoms with Crippen molar-refractivity contribution >= 4 is 11.6 Å². The van der Waals surface area contributed by atoms with Gasteiger partial charge in [-0.2, -0.15) is 0 Å². The third-order valence-corrected chi connectivity index (χ3v) is 3.27. The number of guanidine groups is 1. The zero-order chi connectivity index (χ0) is 13.5. The molecule has 1 fully saturated rings. The van der Waals surface area contributed by atoms with E-state index in [2.05, 4.69) is 15.7 Å². The van der Waals surface area contributed by atoms with Gasteiger partial charge in [0.15, 0.2) is 0 Å². The molecule has 0 spiro atoms. The number of methoxy groups -OCH3 is 1. The standard InChI is InChI=1S/C14H22N4O/c1-19-10-11-5-4-8-13(9-11)17-14(18-15)16-12-6-2-3-7-12/h4-5,8-9,12H,2-3,6-7,10,15H2,1H3,(H2,16,17,18). The van der Waals surface area contributed by atoms with Gasteiger partial charge in [-0.05, 0) is 30.5 Å². The van der Waals surface area contributed by atoms with E-state index in [1.807, 2.05) is 24.3 Å². The van der Waals surface area contributed by atoms with Gasteiger partial charge in [0.25, 0.3) is 0 Å². The van der Waals surface area contributed by atoms with Crippen LogP contribution in [0.2, 0.25) is 0 Å². The number of anilines is 1. The minimum Gasteiger partial charge on any atom is -0.380 e. The number of ether oxygens (including phenoxy) is 1. The Balaban J connectivity index is 2.02. The lowest BCUT2D eigenvalue weighted by atomic mass is 10.2. The summed E-state index contributed by atoms with van der Waals surface area (Å²) in [5.74, 6) is 6.15. The maximum Gasteiger partial charge on any atom is 0.210 e. The third kappa shape index (κ3) is 4.22. The molecule has 0 saturated heterocycles. The van der Waals surface area contributed by atoms with Crippen LogP contribution in [0, 0.1) is 0 Å². The zero-order valence-electron chi connectivity index (χ0n) is 11.4. The zero-order valence-corrected chi connectivity index (χ0v) is 11.4. The Bertz CT molecular complexity index is 427. The number of nitrogens with one attached hydrogen (secondary N) is 2. The van der Waals surface area contributed by atoms with Crippen LogP contribution in [0.25, 0.3) is 0 Å². The molecule has 5 nitrogen and oxygen atoms in total. The fourth-order valence-corrected chi connectivity index (χ4v) is 2.36. The molecule has 104 valence electrons. The Morgan fingerprint density at radius 2 is 2.21 bits per heavy atom. The van der Waals surface area contributed by atoms with Gasteiger partial charge in [-0.3, -0.25) is 5.43 Å². The smallest absolute Gasteiger partial charge is 0.210 e. The molecule has 0 unspecified atom stereocenters. The van der Waals surface area contributed by atoms with Crippen LogP contribution in [0.5, 0.6) is 0 Å². The topological polar surface area (TPSA) is 71.7 Å². The first-order valence-electron chi connectivity index (χ1n) is 6.71. The molecule has 1 aromatic rings. The number of hydrazine groups is 1. The number of nitrogens with two attached hydrogens (primary N) is 1. The maximum atomic E-state index is 5.53. The molecule has 0 radical (unpaired) electrons. The molecule has 0 atom stereocenters. The number of hydrogen-bond donors (Lipinski definition) is 3. The summed E-state index contributed by atoms with van der Waals surface area (Å²) in [5.41, 5.74) is 4.71. The number of benzene rings is 1. The Kier molecular flexibility index (Phi) is 5.18. The van der Waals surface area contributed by atoms with Crippen molar-refractivity contribution in [2.75, 3.05) is 12.4 Å². The Morgan fingerprint density at radius 3 is 2.89 bits per heavy atom. The molecule has 4 N–H and O–H groups in total. The highest BCUT2D eigenvalue weighted by Crippen LogP contribution is 2.21. The fourth-order valence-electron chi connectivity index (χ4n) is 2.36. The van der Waals surface area contributed by atoms with E-state index >= 15 is 0 Å². The van der Waals surface area contributed by atoms with Crippen LogP contribution in [0.15, 0.2) is 29.3 Å². The molecule has 19 heavy (non-hydrogen) atoms. The first-order chi connectivity index (χ1) is 9.31. The molecule has 0 bridgehead atoms. The van der Waals surface area contributed by atoms with E-state index in [4.69, 9.17) is 10.6 Å². The summed E-state index contributed by atoms with van der Waals surface area (Å²) in [5, 5.41) is 3.21. The van der Waals surface area contributed by atoms with Gasteiger partial charge >= 0.3 is 0 Å². The third-order valence-electron chi connectivity index (χ3n) is 3.27. The predicted molar refractivity (Wildman–Crippen MR) is 77.8 cm³/mol. The van der Waals surface area contributed by atoms with E-state index in [0.29, 0.717) is 18.6 Å². The molecular weight excluding hydrogens is 240 g/mol. The summed E-state index contributed by atoms with van der Waals surface area (Å²) in [4.78, 5) is 4.60. The summed E-state index contributed by atoms with van der Waals surface area (Å²) in [6.07, 6.45) is 4.82. The summed E-state index contributed by atoms with van der Waals surface area (Å²) in [6, 6.07) is 8.42. The van der Waals surface area contributed by atoms with E-state index < -0.39 is 0 Å². The van der Waals surface area contributed by atoms with Gasteiger partial charge in [0.1, 0.15) is 0 Å². The number of hydrogen-bond acceptors (Lipinski definition) is 3. The van der Waals surface area contributed by atoms with Crippen molar-refractivity contribution < 1.29 is 4.74 Å². The first-order valence-corrected chi connectivity index (χ1v) is 6.71. The highest BCUT2D eigenvalue weighted by atomic mass is 16.5. The van der Waals surface area contributed by atoms with Crippen molar-refractivity contribution in [2.45, 2.75) is 38.3 Å². The molecule has 1 aliphatic carbocycles. The summed E-state index contributed by atoms with van der Waals surface area (Å²) in [7, 11) is 1.69. The van der Waals surface area contributed by atoms with E-state index in [0.717, 1.165) is 24.1 Å². The Morgan fingerprint density at radius 1 is 1.42 bits per heavy atom. The lowest BCUT2D eigenvalue weighted by molar-refractivity contribution is 0.185. The minimum absolute atomic E-state index is 0.390. The molecule has 0 amide bonds. The summed E-state index contributed by atoms with van der Waals surface area (Å²) >= 11 is 0. The molecule has 5 heteroatoms. The highest BCUT2D eigenvalue weighted by Gasteiger charge is 2.14. The average Bonchev–Trinajstić information content (AvgIpc) is 2.92. The van der Waals surface area contributed by atoms with Crippen molar-refractivity contribution in [3.8, 4) is 0 Å². The van der Waals surface area contributed by atoms with Crippen LogP contribution >= 0.6 is 0 Å². The van der Waals surface area contributed by atoms with E-state index in [9.17, 15) is 0 Å². The summed E-state index contributed by atoms with van der Waals surface area (Å²) in [6.45, 7) is 0.598. The Hall–Kier alpha value is -1.59. The number of rotatable bonds is 4. The van der Waals surface area contributed by atoms with Crippen molar-refractivity contribution in [1.82, 2.24) is 5.43 Å². The van der Waals surface area contributed by atoms with Gasteiger partial charge in [-0.1, -0.05) is 25.0 Å². The van der Waals surface area contributed by atoms with E-state index in [-0.39, 0.29) is 0 Å². The minimum atomic E-state index is 0.390. The van der Waals surface area contributed by atoms with E-state index in [1.54, 1.807) is 7.11 Å². The normalized spacial score (nSPS) is 16.6. The van der Waals surface area contributed by atoms with Gasteiger partial charge in [0, 0.05) is 12.8 Å². The lowest BCUT2D eigenvalue weighted by Gasteiger charge is -2.12. The highest BCUT2D eigenvalue weighted by molar-refractivity contribution is 5.93. The van der Waals surface area contributed by atoms with Crippen LogP contribution in [-0.2, 0) is 11.3 Å². The van der Waals surface area contributed by atoms with Crippen LogP contribution in [0.1, 0.15) is 31.2 Å². The molecular formula is C14H22N4O. The van der Waals surface area contributed by atoms with Crippen molar-refractivity contribution in [3.63, 3.8) is 0 Å². The van der Waals surface area contributed by atoms with Gasteiger partial charge in [-0.15, -0.1) is 0 Å². The van der Waals surface area contributed by atoms with E-state index in [1.165, 1.54) is 12.8 Å². The second-order valence-electron chi connectivity index (χ2n) is 4.82. The average molecular weight is 262 g/mol. The number of aliphatic imine (C=N–C) groups is 1. The molecule has 0 aromatic heterocycles. The number of nitrogens with zero attached hydrogens (tertiary/aromatic N) is 1. The summed E-state index contributed by atoms with van der Waals surface area (Å²) < 4.78 is 5.12. The molecule has 0 heterocycles. The largest absolute Gasteiger partial charge is 0.380 e. The van der Waals surface area contributed by atoms with Gasteiger partial charge < -0.3 is 10.1 Å². The lowest BCUT2D eigenvalue weighted by Crippen LogP contribution is -2.37. The quantitative estimate of drug-likeness (QED) is 0.336. The second-order valence-corrected chi connectivity index (χ2v) is 4.82. The molecule has 1 aliphatic rings. The maximum absolute atomic E-state index is 5.53. The molecule has 0 aliphatic heterocycles. The van der Waals surface area contributed by atoms with Crippen LogP contribution in [0.3, 0.4) is 0 Å². The van der Waals surface area contributed by atoms with Crippen molar-refractivity contribution in [2.24, 2.45) is 10.8 Å². The molecule has 2 rings (SSSR count). The fraction of sp³-hybridized carbons (Fsp3) is 0.500. The van der Waals surface area contributed by atoms with Gasteiger partial charge in [0.05, 0.1) is 12.6 Å². The molecule has 1 aromatic carbocycles. The van der Waals surface area contributed by atoms with Crippen LogP contribution < -0.4 is 16.6 Å². The molecule has 1 saturated carbocycles. The second kappa shape index (κ2) is 7.11. The SMILES string of the molecule is COCc1cccc(NC(=NC2CCCC2)NN)c1.